The Hall–Kier alpha value is -1.13. The van der Waals surface area contributed by atoms with Crippen molar-refractivity contribution >= 4 is 16.5 Å². The maximum atomic E-state index is 4.60. The first kappa shape index (κ1) is 16.9. The SMILES string of the molecule is C/C=C\CC.C=C(C)Nc1nc(C2(NC)CCC2)cs1. The highest BCUT2D eigenvalue weighted by Gasteiger charge is 2.39. The summed E-state index contributed by atoms with van der Waals surface area (Å²) in [6.45, 7) is 9.92. The van der Waals surface area contributed by atoms with E-state index in [1.807, 2.05) is 20.9 Å². The molecule has 1 aromatic rings. The lowest BCUT2D eigenvalue weighted by Gasteiger charge is -2.40. The standard InChI is InChI=1S/C11H17N3S.C5H10/c1-8(2)13-10-14-9(7-15-10)11(12-3)5-4-6-11;1-3-5-4-2/h7,12H,1,4-6H2,2-3H3,(H,13,14);3,5H,4H2,1-2H3/b;5-3-. The molecule has 112 valence electrons. The predicted octanol–water partition coefficient (Wildman–Crippen LogP) is 4.66. The monoisotopic (exact) mass is 293 g/mol. The van der Waals surface area contributed by atoms with E-state index >= 15 is 0 Å². The predicted molar refractivity (Wildman–Crippen MR) is 90.2 cm³/mol. The minimum atomic E-state index is 0.144. The maximum Gasteiger partial charge on any atom is 0.187 e. The molecule has 1 aliphatic rings. The molecule has 1 heterocycles. The largest absolute Gasteiger partial charge is 0.336 e. The van der Waals surface area contributed by atoms with Crippen molar-refractivity contribution in [2.24, 2.45) is 0 Å². The number of thiazole rings is 1. The van der Waals surface area contributed by atoms with E-state index in [0.29, 0.717) is 0 Å². The van der Waals surface area contributed by atoms with Crippen molar-refractivity contribution in [3.8, 4) is 0 Å². The molecule has 0 atom stereocenters. The quantitative estimate of drug-likeness (QED) is 0.775. The highest BCUT2D eigenvalue weighted by Crippen LogP contribution is 2.41. The van der Waals surface area contributed by atoms with Gasteiger partial charge in [-0.2, -0.15) is 0 Å². The van der Waals surface area contributed by atoms with Crippen LogP contribution in [0.4, 0.5) is 5.13 Å². The fraction of sp³-hybridized carbons (Fsp3) is 0.562. The molecule has 4 heteroatoms. The van der Waals surface area contributed by atoms with Crippen LogP contribution in [0.3, 0.4) is 0 Å². The molecule has 0 aliphatic heterocycles. The molecule has 1 saturated carbocycles. The lowest BCUT2D eigenvalue weighted by molar-refractivity contribution is 0.196. The first-order valence-electron chi connectivity index (χ1n) is 7.26. The molecule has 1 fully saturated rings. The van der Waals surface area contributed by atoms with E-state index in [0.717, 1.165) is 17.2 Å². The molecular weight excluding hydrogens is 266 g/mol. The highest BCUT2D eigenvalue weighted by molar-refractivity contribution is 7.13. The number of nitrogens with one attached hydrogen (secondary N) is 2. The van der Waals surface area contributed by atoms with Crippen molar-refractivity contribution in [2.75, 3.05) is 12.4 Å². The summed E-state index contributed by atoms with van der Waals surface area (Å²) in [5.74, 6) is 0. The summed E-state index contributed by atoms with van der Waals surface area (Å²) in [6, 6.07) is 0. The molecular formula is C16H27N3S. The van der Waals surface area contributed by atoms with E-state index in [1.54, 1.807) is 11.3 Å². The zero-order chi connectivity index (χ0) is 15.0. The van der Waals surface area contributed by atoms with Crippen LogP contribution in [-0.2, 0) is 5.54 Å². The van der Waals surface area contributed by atoms with Gasteiger partial charge in [-0.1, -0.05) is 25.7 Å². The van der Waals surface area contributed by atoms with E-state index in [2.05, 4.69) is 46.7 Å². The maximum absolute atomic E-state index is 4.60. The molecule has 20 heavy (non-hydrogen) atoms. The smallest absolute Gasteiger partial charge is 0.187 e. The van der Waals surface area contributed by atoms with Crippen LogP contribution in [0.5, 0.6) is 0 Å². The summed E-state index contributed by atoms with van der Waals surface area (Å²) in [6.07, 6.45) is 9.03. The highest BCUT2D eigenvalue weighted by atomic mass is 32.1. The van der Waals surface area contributed by atoms with Gasteiger partial charge in [-0.05, 0) is 46.6 Å². The lowest BCUT2D eigenvalue weighted by Crippen LogP contribution is -2.46. The number of rotatable bonds is 5. The molecule has 1 aromatic heterocycles. The van der Waals surface area contributed by atoms with Crippen molar-refractivity contribution in [1.29, 1.82) is 0 Å². The molecule has 3 nitrogen and oxygen atoms in total. The van der Waals surface area contributed by atoms with Gasteiger partial charge in [0, 0.05) is 11.1 Å². The second-order valence-electron chi connectivity index (χ2n) is 5.11. The molecule has 0 radical (unpaired) electrons. The average molecular weight is 293 g/mol. The summed E-state index contributed by atoms with van der Waals surface area (Å²) in [5, 5.41) is 9.63. The van der Waals surface area contributed by atoms with Gasteiger partial charge in [0.1, 0.15) is 0 Å². The molecule has 0 bridgehead atoms. The van der Waals surface area contributed by atoms with Crippen LogP contribution >= 0.6 is 11.3 Å². The fourth-order valence-corrected chi connectivity index (χ4v) is 3.02. The van der Waals surface area contributed by atoms with Crippen LogP contribution in [0.15, 0.2) is 29.8 Å². The first-order valence-corrected chi connectivity index (χ1v) is 8.14. The lowest BCUT2D eigenvalue weighted by atomic mass is 9.75. The first-order chi connectivity index (χ1) is 9.57. The number of allylic oxidation sites excluding steroid dienone is 3. The van der Waals surface area contributed by atoms with E-state index in [1.165, 1.54) is 25.0 Å². The third-order valence-corrected chi connectivity index (χ3v) is 4.23. The number of anilines is 1. The molecule has 0 spiro atoms. The fourth-order valence-electron chi connectivity index (χ4n) is 2.13. The zero-order valence-corrected chi connectivity index (χ0v) is 13.9. The van der Waals surface area contributed by atoms with Crippen molar-refractivity contribution in [2.45, 2.75) is 52.0 Å². The minimum Gasteiger partial charge on any atom is -0.336 e. The Morgan fingerprint density at radius 2 is 2.25 bits per heavy atom. The Kier molecular flexibility index (Phi) is 6.96. The van der Waals surface area contributed by atoms with Gasteiger partial charge in [-0.3, -0.25) is 0 Å². The minimum absolute atomic E-state index is 0.144. The third kappa shape index (κ3) is 4.46. The van der Waals surface area contributed by atoms with E-state index in [9.17, 15) is 0 Å². The van der Waals surface area contributed by atoms with Gasteiger partial charge in [0.25, 0.3) is 0 Å². The van der Waals surface area contributed by atoms with Gasteiger partial charge >= 0.3 is 0 Å². The Labute approximate surface area is 127 Å². The van der Waals surface area contributed by atoms with E-state index < -0.39 is 0 Å². The van der Waals surface area contributed by atoms with Crippen molar-refractivity contribution in [3.63, 3.8) is 0 Å². The Morgan fingerprint density at radius 3 is 2.60 bits per heavy atom. The Balaban J connectivity index is 0.000000347. The Bertz CT molecular complexity index is 439. The summed E-state index contributed by atoms with van der Waals surface area (Å²) in [7, 11) is 2.02. The molecule has 0 amide bonds. The third-order valence-electron chi connectivity index (χ3n) is 3.47. The molecule has 0 unspecified atom stereocenters. The molecule has 1 aliphatic carbocycles. The normalized spacial score (nSPS) is 16.2. The van der Waals surface area contributed by atoms with Gasteiger partial charge in [-0.15, -0.1) is 11.3 Å². The number of hydrogen-bond acceptors (Lipinski definition) is 4. The Morgan fingerprint density at radius 1 is 1.55 bits per heavy atom. The summed E-state index contributed by atoms with van der Waals surface area (Å²) >= 11 is 1.65. The molecule has 0 aromatic carbocycles. The van der Waals surface area contributed by atoms with Crippen LogP contribution in [0.25, 0.3) is 0 Å². The summed E-state index contributed by atoms with van der Waals surface area (Å²) in [4.78, 5) is 4.60. The van der Waals surface area contributed by atoms with Crippen LogP contribution in [-0.4, -0.2) is 12.0 Å². The summed E-state index contributed by atoms with van der Waals surface area (Å²) < 4.78 is 0. The second-order valence-corrected chi connectivity index (χ2v) is 5.96. The number of hydrogen-bond donors (Lipinski definition) is 2. The zero-order valence-electron chi connectivity index (χ0n) is 13.1. The molecule has 0 saturated heterocycles. The van der Waals surface area contributed by atoms with Gasteiger partial charge in [0.05, 0.1) is 11.2 Å². The van der Waals surface area contributed by atoms with Gasteiger partial charge in [0.15, 0.2) is 5.13 Å². The number of aromatic nitrogens is 1. The topological polar surface area (TPSA) is 37.0 Å². The summed E-state index contributed by atoms with van der Waals surface area (Å²) in [5.41, 5.74) is 2.25. The molecule has 2 rings (SSSR count). The van der Waals surface area contributed by atoms with Crippen molar-refractivity contribution in [1.82, 2.24) is 10.3 Å². The van der Waals surface area contributed by atoms with Gasteiger partial charge in [-0.25, -0.2) is 4.98 Å². The van der Waals surface area contributed by atoms with Crippen LogP contribution in [0, 0.1) is 0 Å². The van der Waals surface area contributed by atoms with Crippen LogP contribution < -0.4 is 10.6 Å². The van der Waals surface area contributed by atoms with Crippen LogP contribution in [0.1, 0.15) is 52.1 Å². The number of nitrogens with zero attached hydrogens (tertiary/aromatic N) is 1. The van der Waals surface area contributed by atoms with Crippen molar-refractivity contribution < 1.29 is 0 Å². The average Bonchev–Trinajstić information content (AvgIpc) is 2.78. The van der Waals surface area contributed by atoms with E-state index in [4.69, 9.17) is 0 Å². The van der Waals surface area contributed by atoms with Crippen molar-refractivity contribution in [3.05, 3.63) is 35.5 Å². The van der Waals surface area contributed by atoms with Gasteiger partial charge < -0.3 is 10.6 Å². The molecule has 2 N–H and O–H groups in total. The second kappa shape index (κ2) is 8.22. The van der Waals surface area contributed by atoms with E-state index in [-0.39, 0.29) is 5.54 Å². The van der Waals surface area contributed by atoms with Gasteiger partial charge in [0.2, 0.25) is 0 Å². The van der Waals surface area contributed by atoms with Crippen LogP contribution in [0.2, 0.25) is 0 Å².